The maximum Gasteiger partial charge on any atom is 0.296 e. The SMILES string of the molecule is [2H]C([2H])(CC(C)CCCC(C)CCC=C(C)C)OS(=O)(=O)c1ccc(C)cc1. The molecule has 0 aliphatic carbocycles. The summed E-state index contributed by atoms with van der Waals surface area (Å²) in [7, 11) is -4.11. The van der Waals surface area contributed by atoms with Gasteiger partial charge in [0.25, 0.3) is 10.1 Å². The molecule has 148 valence electrons. The Morgan fingerprint density at radius 2 is 1.65 bits per heavy atom. The van der Waals surface area contributed by atoms with Crippen molar-refractivity contribution in [2.24, 2.45) is 11.8 Å². The number of hydrogen-bond acceptors (Lipinski definition) is 3. The first-order valence-corrected chi connectivity index (χ1v) is 11.0. The Kier molecular flexibility index (Phi) is 8.72. The Morgan fingerprint density at radius 3 is 2.23 bits per heavy atom. The normalized spacial score (nSPS) is 15.7. The molecule has 4 heteroatoms. The molecule has 0 radical (unpaired) electrons. The first-order valence-electron chi connectivity index (χ1n) is 10.6. The van der Waals surface area contributed by atoms with Crippen LogP contribution in [0.25, 0.3) is 0 Å². The molecule has 0 aliphatic heterocycles. The van der Waals surface area contributed by atoms with Crippen LogP contribution in [0.15, 0.2) is 40.8 Å². The van der Waals surface area contributed by atoms with Crippen molar-refractivity contribution < 1.29 is 15.3 Å². The molecule has 2 unspecified atom stereocenters. The third kappa shape index (κ3) is 9.54. The number of allylic oxidation sites excluding steroid dienone is 2. The molecule has 0 saturated heterocycles. The minimum absolute atomic E-state index is 0.0141. The van der Waals surface area contributed by atoms with Gasteiger partial charge in [-0.15, -0.1) is 0 Å². The molecule has 0 bridgehead atoms. The van der Waals surface area contributed by atoms with Crippen LogP contribution in [0.5, 0.6) is 0 Å². The fraction of sp³-hybridized carbons (Fsp3) is 0.636. The zero-order valence-electron chi connectivity index (χ0n) is 18.9. The van der Waals surface area contributed by atoms with E-state index in [1.165, 1.54) is 17.7 Å². The lowest BCUT2D eigenvalue weighted by atomic mass is 9.94. The molecule has 0 aliphatic rings. The summed E-state index contributed by atoms with van der Waals surface area (Å²) in [4.78, 5) is -0.0141. The van der Waals surface area contributed by atoms with Crippen LogP contribution in [0, 0.1) is 18.8 Å². The van der Waals surface area contributed by atoms with Crippen LogP contribution in [-0.2, 0) is 14.3 Å². The number of hydrogen-bond donors (Lipinski definition) is 0. The van der Waals surface area contributed by atoms with Crippen LogP contribution in [0.1, 0.15) is 74.5 Å². The summed E-state index contributed by atoms with van der Waals surface area (Å²) in [5, 5.41) is 0. The molecule has 0 spiro atoms. The maximum absolute atomic E-state index is 12.3. The van der Waals surface area contributed by atoms with E-state index in [0.29, 0.717) is 5.92 Å². The van der Waals surface area contributed by atoms with E-state index in [1.54, 1.807) is 12.1 Å². The van der Waals surface area contributed by atoms with Crippen molar-refractivity contribution in [3.63, 3.8) is 0 Å². The standard InChI is InChI=1S/C22H36O3S/c1-18(2)8-6-9-19(3)10-7-11-20(4)16-17-25-26(23,24)22-14-12-21(5)13-15-22/h8,12-15,19-20H,6-7,9-11,16-17H2,1-5H3/i17D2. The lowest BCUT2D eigenvalue weighted by Gasteiger charge is -2.14. The molecule has 0 heterocycles. The summed E-state index contributed by atoms with van der Waals surface area (Å²) in [5.41, 5.74) is 2.29. The zero-order valence-corrected chi connectivity index (χ0v) is 17.7. The summed E-state index contributed by atoms with van der Waals surface area (Å²) in [6, 6.07) is 6.24. The molecule has 0 saturated carbocycles. The summed E-state index contributed by atoms with van der Waals surface area (Å²) >= 11 is 0. The van der Waals surface area contributed by atoms with Crippen molar-refractivity contribution in [3.05, 3.63) is 41.5 Å². The van der Waals surface area contributed by atoms with Crippen molar-refractivity contribution in [2.75, 3.05) is 6.56 Å². The molecule has 1 rings (SSSR count). The number of aryl methyl sites for hydroxylation is 1. The predicted molar refractivity (Wildman–Crippen MR) is 110 cm³/mol. The second-order valence-corrected chi connectivity index (χ2v) is 9.25. The predicted octanol–water partition coefficient (Wildman–Crippen LogP) is 6.28. The average molecular weight is 383 g/mol. The second kappa shape index (κ2) is 11.6. The van der Waals surface area contributed by atoms with E-state index in [2.05, 4.69) is 26.8 Å². The fourth-order valence-corrected chi connectivity index (χ4v) is 3.51. The van der Waals surface area contributed by atoms with E-state index in [9.17, 15) is 8.42 Å². The van der Waals surface area contributed by atoms with E-state index in [0.717, 1.165) is 37.7 Å². The first kappa shape index (κ1) is 19.6. The van der Waals surface area contributed by atoms with Gasteiger partial charge < -0.3 is 0 Å². The molecule has 0 aromatic heterocycles. The number of rotatable bonds is 12. The van der Waals surface area contributed by atoms with Gasteiger partial charge in [-0.2, -0.15) is 8.42 Å². The Balaban J connectivity index is 2.46. The lowest BCUT2D eigenvalue weighted by molar-refractivity contribution is 0.278. The minimum atomic E-state index is -4.11. The molecule has 2 atom stereocenters. The molecule has 1 aromatic carbocycles. The molecule has 0 N–H and O–H groups in total. The highest BCUT2D eigenvalue weighted by atomic mass is 32.2. The van der Waals surface area contributed by atoms with Crippen LogP contribution in [0.3, 0.4) is 0 Å². The van der Waals surface area contributed by atoms with Crippen LogP contribution in [0.2, 0.25) is 0 Å². The van der Waals surface area contributed by atoms with Crippen molar-refractivity contribution >= 4 is 10.1 Å². The summed E-state index contributed by atoms with van der Waals surface area (Å²) in [6.45, 7) is 8.08. The zero-order chi connectivity index (χ0) is 21.4. The van der Waals surface area contributed by atoms with Crippen LogP contribution in [-0.4, -0.2) is 15.0 Å². The molecule has 1 aromatic rings. The monoisotopic (exact) mass is 382 g/mol. The number of benzene rings is 1. The molecular formula is C22H36O3S. The van der Waals surface area contributed by atoms with Crippen LogP contribution >= 0.6 is 0 Å². The highest BCUT2D eigenvalue weighted by Gasteiger charge is 2.15. The average Bonchev–Trinajstić information content (AvgIpc) is 2.53. The quantitative estimate of drug-likeness (QED) is 0.315. The Hall–Kier alpha value is -1.13. The molecule has 26 heavy (non-hydrogen) atoms. The second-order valence-electron chi connectivity index (χ2n) is 7.70. The lowest BCUT2D eigenvalue weighted by Crippen LogP contribution is -2.10. The molecular weight excluding hydrogens is 344 g/mol. The van der Waals surface area contributed by atoms with Gasteiger partial charge in [-0.1, -0.05) is 62.5 Å². The van der Waals surface area contributed by atoms with Crippen LogP contribution < -0.4 is 0 Å². The van der Waals surface area contributed by atoms with E-state index in [1.807, 2.05) is 13.8 Å². The first-order chi connectivity index (χ1) is 12.9. The van der Waals surface area contributed by atoms with E-state index >= 15 is 0 Å². The maximum atomic E-state index is 12.3. The van der Waals surface area contributed by atoms with Gasteiger partial charge in [0.2, 0.25) is 0 Å². The van der Waals surface area contributed by atoms with E-state index < -0.39 is 16.7 Å². The topological polar surface area (TPSA) is 43.4 Å². The highest BCUT2D eigenvalue weighted by Crippen LogP contribution is 2.20. The highest BCUT2D eigenvalue weighted by molar-refractivity contribution is 7.86. The van der Waals surface area contributed by atoms with Crippen LogP contribution in [0.4, 0.5) is 0 Å². The van der Waals surface area contributed by atoms with Gasteiger partial charge in [0.1, 0.15) is 0 Å². The smallest absolute Gasteiger partial charge is 0.266 e. The fourth-order valence-electron chi connectivity index (χ4n) is 2.72. The summed E-state index contributed by atoms with van der Waals surface area (Å²) in [5.74, 6) is 0.686. The molecule has 3 nitrogen and oxygen atoms in total. The van der Waals surface area contributed by atoms with Gasteiger partial charge in [0.05, 0.1) is 14.2 Å². The largest absolute Gasteiger partial charge is 0.296 e. The molecule has 0 amide bonds. The molecule has 0 fully saturated rings. The van der Waals surface area contributed by atoms with Gasteiger partial charge >= 0.3 is 0 Å². The van der Waals surface area contributed by atoms with Crippen molar-refractivity contribution in [2.45, 2.75) is 78.0 Å². The Morgan fingerprint density at radius 1 is 1.08 bits per heavy atom. The van der Waals surface area contributed by atoms with Crippen molar-refractivity contribution in [1.29, 1.82) is 0 Å². The van der Waals surface area contributed by atoms with Crippen molar-refractivity contribution in [3.8, 4) is 0 Å². The van der Waals surface area contributed by atoms with Gasteiger partial charge in [-0.05, 0) is 64.0 Å². The van der Waals surface area contributed by atoms with Crippen molar-refractivity contribution in [1.82, 2.24) is 0 Å². The van der Waals surface area contributed by atoms with Gasteiger partial charge in [-0.3, -0.25) is 4.18 Å². The van der Waals surface area contributed by atoms with Gasteiger partial charge in [-0.25, -0.2) is 0 Å². The third-order valence-electron chi connectivity index (χ3n) is 4.52. The van der Waals surface area contributed by atoms with E-state index in [-0.39, 0.29) is 17.2 Å². The summed E-state index contributed by atoms with van der Waals surface area (Å²) in [6.07, 6.45) is 7.57. The Bertz CT molecular complexity index is 721. The minimum Gasteiger partial charge on any atom is -0.266 e. The van der Waals surface area contributed by atoms with E-state index in [4.69, 9.17) is 6.92 Å². The van der Waals surface area contributed by atoms with Gasteiger partial charge in [0, 0.05) is 0 Å². The van der Waals surface area contributed by atoms with Gasteiger partial charge in [0.15, 0.2) is 0 Å². The third-order valence-corrected chi connectivity index (χ3v) is 5.70. The summed E-state index contributed by atoms with van der Waals surface area (Å²) < 4.78 is 45.6. The Labute approximate surface area is 163 Å².